The zero-order valence-corrected chi connectivity index (χ0v) is 10.1. The third-order valence-corrected chi connectivity index (χ3v) is 2.82. The molecule has 2 nitrogen and oxygen atoms in total. The topological polar surface area (TPSA) is 32.3 Å². The summed E-state index contributed by atoms with van der Waals surface area (Å²) >= 11 is 0. The molecule has 0 fully saturated rings. The molecule has 0 amide bonds. The zero-order chi connectivity index (χ0) is 11.5. The number of nitrogens with one attached hydrogen (secondary N) is 1. The predicted molar refractivity (Wildman–Crippen MR) is 64.0 cm³/mol. The average Bonchev–Trinajstić information content (AvgIpc) is 2.14. The number of aryl methyl sites for hydroxylation is 2. The fourth-order valence-electron chi connectivity index (χ4n) is 1.92. The molecule has 0 aromatic heterocycles. The Morgan fingerprint density at radius 1 is 1.33 bits per heavy atom. The van der Waals surface area contributed by atoms with Gasteiger partial charge in [-0.2, -0.15) is 0 Å². The second-order valence-electron chi connectivity index (χ2n) is 4.45. The van der Waals surface area contributed by atoms with Crippen molar-refractivity contribution < 1.29 is 5.11 Å². The van der Waals surface area contributed by atoms with Crippen LogP contribution >= 0.6 is 0 Å². The highest BCUT2D eigenvalue weighted by atomic mass is 16.3. The highest BCUT2D eigenvalue weighted by Gasteiger charge is 2.23. The van der Waals surface area contributed by atoms with Crippen LogP contribution in [0.15, 0.2) is 18.2 Å². The summed E-state index contributed by atoms with van der Waals surface area (Å²) < 4.78 is 0. The zero-order valence-electron chi connectivity index (χ0n) is 10.1. The van der Waals surface area contributed by atoms with Crippen LogP contribution in [0.5, 0.6) is 0 Å². The Balaban J connectivity index is 2.93. The third kappa shape index (κ3) is 3.05. The predicted octanol–water partition coefficient (Wildman–Crippen LogP) is 2.12. The van der Waals surface area contributed by atoms with Crippen molar-refractivity contribution in [2.24, 2.45) is 0 Å². The van der Waals surface area contributed by atoms with E-state index < -0.39 is 5.60 Å². The Morgan fingerprint density at radius 3 is 2.53 bits per heavy atom. The lowest BCUT2D eigenvalue weighted by molar-refractivity contribution is 0.0479. The summed E-state index contributed by atoms with van der Waals surface area (Å²) in [7, 11) is 1.90. The van der Waals surface area contributed by atoms with E-state index in [1.807, 2.05) is 20.0 Å². The number of benzene rings is 1. The van der Waals surface area contributed by atoms with Crippen molar-refractivity contribution >= 4 is 0 Å². The summed E-state index contributed by atoms with van der Waals surface area (Å²) in [6.07, 6.45) is 0.730. The van der Waals surface area contributed by atoms with E-state index in [2.05, 4.69) is 31.3 Å². The lowest BCUT2D eigenvalue weighted by Gasteiger charge is -2.25. The van der Waals surface area contributed by atoms with Crippen molar-refractivity contribution in [1.29, 1.82) is 0 Å². The summed E-state index contributed by atoms with van der Waals surface area (Å²) in [5.41, 5.74) is 2.70. The fraction of sp³-hybridized carbons (Fsp3) is 0.538. The summed E-state index contributed by atoms with van der Waals surface area (Å²) in [6.45, 7) is 6.82. The van der Waals surface area contributed by atoms with Gasteiger partial charge in [-0.3, -0.25) is 0 Å². The number of rotatable bonds is 4. The maximum atomic E-state index is 10.3. The molecule has 0 aliphatic rings. The highest BCUT2D eigenvalue weighted by molar-refractivity contribution is 5.34. The Hall–Kier alpha value is -0.860. The van der Waals surface area contributed by atoms with Gasteiger partial charge in [0.15, 0.2) is 0 Å². The van der Waals surface area contributed by atoms with E-state index in [4.69, 9.17) is 0 Å². The molecule has 2 heteroatoms. The van der Waals surface area contributed by atoms with Crippen molar-refractivity contribution in [2.75, 3.05) is 13.6 Å². The van der Waals surface area contributed by atoms with Crippen molar-refractivity contribution in [3.05, 3.63) is 34.9 Å². The molecule has 15 heavy (non-hydrogen) atoms. The van der Waals surface area contributed by atoms with E-state index in [9.17, 15) is 5.11 Å². The molecule has 1 atom stereocenters. The summed E-state index contributed by atoms with van der Waals surface area (Å²) in [4.78, 5) is 0. The average molecular weight is 207 g/mol. The molecule has 0 saturated carbocycles. The molecule has 2 N–H and O–H groups in total. The van der Waals surface area contributed by atoms with Crippen LogP contribution in [0.3, 0.4) is 0 Å². The van der Waals surface area contributed by atoms with E-state index >= 15 is 0 Å². The molecular weight excluding hydrogens is 186 g/mol. The van der Waals surface area contributed by atoms with Crippen molar-refractivity contribution in [1.82, 2.24) is 5.32 Å². The molecule has 0 spiro atoms. The van der Waals surface area contributed by atoms with Crippen LogP contribution in [0.25, 0.3) is 0 Å². The summed E-state index contributed by atoms with van der Waals surface area (Å²) in [5, 5.41) is 13.4. The molecule has 0 aliphatic carbocycles. The van der Waals surface area contributed by atoms with E-state index in [1.54, 1.807) is 0 Å². The molecule has 0 aliphatic heterocycles. The van der Waals surface area contributed by atoms with Crippen LogP contribution in [-0.2, 0) is 5.60 Å². The van der Waals surface area contributed by atoms with Gasteiger partial charge in [-0.05, 0) is 51.9 Å². The molecule has 1 aromatic carbocycles. The van der Waals surface area contributed by atoms with Gasteiger partial charge in [0, 0.05) is 0 Å². The minimum atomic E-state index is -0.735. The van der Waals surface area contributed by atoms with Gasteiger partial charge in [-0.15, -0.1) is 0 Å². The molecule has 0 heterocycles. The van der Waals surface area contributed by atoms with Crippen LogP contribution < -0.4 is 5.32 Å². The fourth-order valence-corrected chi connectivity index (χ4v) is 1.92. The van der Waals surface area contributed by atoms with Gasteiger partial charge in [0.25, 0.3) is 0 Å². The van der Waals surface area contributed by atoms with Gasteiger partial charge in [0.1, 0.15) is 0 Å². The molecule has 1 unspecified atom stereocenters. The third-order valence-electron chi connectivity index (χ3n) is 2.82. The van der Waals surface area contributed by atoms with Crippen molar-refractivity contribution in [3.63, 3.8) is 0 Å². The summed E-state index contributed by atoms with van der Waals surface area (Å²) in [6, 6.07) is 6.19. The second kappa shape index (κ2) is 4.77. The minimum absolute atomic E-state index is 0.730. The van der Waals surface area contributed by atoms with Crippen LogP contribution in [0.4, 0.5) is 0 Å². The van der Waals surface area contributed by atoms with Gasteiger partial charge < -0.3 is 10.4 Å². The Morgan fingerprint density at radius 2 is 2.00 bits per heavy atom. The quantitative estimate of drug-likeness (QED) is 0.792. The minimum Gasteiger partial charge on any atom is -0.385 e. The Kier molecular flexibility index (Phi) is 3.89. The maximum Gasteiger partial charge on any atom is 0.0883 e. The first-order chi connectivity index (χ1) is 6.97. The van der Waals surface area contributed by atoms with Crippen molar-refractivity contribution in [3.8, 4) is 0 Å². The Bertz CT molecular complexity index is 331. The van der Waals surface area contributed by atoms with Gasteiger partial charge in [0.05, 0.1) is 5.60 Å². The van der Waals surface area contributed by atoms with E-state index in [1.165, 1.54) is 5.56 Å². The van der Waals surface area contributed by atoms with E-state index in [-0.39, 0.29) is 0 Å². The lowest BCUT2D eigenvalue weighted by Crippen LogP contribution is -2.27. The smallest absolute Gasteiger partial charge is 0.0883 e. The normalized spacial score (nSPS) is 15.0. The van der Waals surface area contributed by atoms with Crippen molar-refractivity contribution in [2.45, 2.75) is 32.8 Å². The lowest BCUT2D eigenvalue weighted by atomic mass is 9.88. The SMILES string of the molecule is CNCCC(C)(O)c1ccc(C)cc1C. The van der Waals surface area contributed by atoms with E-state index in [0.29, 0.717) is 0 Å². The maximum absolute atomic E-state index is 10.3. The monoisotopic (exact) mass is 207 g/mol. The second-order valence-corrected chi connectivity index (χ2v) is 4.45. The molecule has 1 aromatic rings. The largest absolute Gasteiger partial charge is 0.385 e. The Labute approximate surface area is 92.3 Å². The number of aliphatic hydroxyl groups is 1. The first kappa shape index (κ1) is 12.2. The first-order valence-electron chi connectivity index (χ1n) is 5.42. The molecule has 0 saturated heterocycles. The molecule has 1 rings (SSSR count). The molecular formula is C13H21NO. The standard InChI is InChI=1S/C13H21NO/c1-10-5-6-12(11(2)9-10)13(3,15)7-8-14-4/h5-6,9,14-15H,7-8H2,1-4H3. The number of hydrogen-bond acceptors (Lipinski definition) is 2. The van der Waals surface area contributed by atoms with Crippen LogP contribution in [0.2, 0.25) is 0 Å². The van der Waals surface area contributed by atoms with Crippen LogP contribution in [-0.4, -0.2) is 18.7 Å². The van der Waals surface area contributed by atoms with E-state index in [0.717, 1.165) is 24.1 Å². The van der Waals surface area contributed by atoms with Crippen LogP contribution in [0, 0.1) is 13.8 Å². The van der Waals surface area contributed by atoms with Gasteiger partial charge >= 0.3 is 0 Å². The first-order valence-corrected chi connectivity index (χ1v) is 5.42. The van der Waals surface area contributed by atoms with Gasteiger partial charge in [-0.1, -0.05) is 23.8 Å². The molecule has 0 bridgehead atoms. The highest BCUT2D eigenvalue weighted by Crippen LogP contribution is 2.27. The van der Waals surface area contributed by atoms with Gasteiger partial charge in [-0.25, -0.2) is 0 Å². The summed E-state index contributed by atoms with van der Waals surface area (Å²) in [5.74, 6) is 0. The molecule has 0 radical (unpaired) electrons. The number of hydrogen-bond donors (Lipinski definition) is 2. The van der Waals surface area contributed by atoms with Crippen LogP contribution in [0.1, 0.15) is 30.0 Å². The molecule has 84 valence electrons. The van der Waals surface area contributed by atoms with Gasteiger partial charge in [0.2, 0.25) is 0 Å².